The zero-order valence-electron chi connectivity index (χ0n) is 11.6. The second-order valence-electron chi connectivity index (χ2n) is 5.37. The van der Waals surface area contributed by atoms with Crippen LogP contribution in [0.5, 0.6) is 0 Å². The fourth-order valence-corrected chi connectivity index (χ4v) is 3.29. The van der Waals surface area contributed by atoms with Gasteiger partial charge in [0, 0.05) is 11.5 Å². The van der Waals surface area contributed by atoms with E-state index >= 15 is 0 Å². The third kappa shape index (κ3) is 2.55. The molecule has 0 aliphatic heterocycles. The molecular formula is C16H16ClN3O. The van der Waals surface area contributed by atoms with Crippen LogP contribution in [0.1, 0.15) is 48.4 Å². The molecule has 0 spiro atoms. The molecule has 108 valence electrons. The van der Waals surface area contributed by atoms with Gasteiger partial charge < -0.3 is 5.11 Å². The van der Waals surface area contributed by atoms with E-state index in [-0.39, 0.29) is 6.61 Å². The highest BCUT2D eigenvalue weighted by Crippen LogP contribution is 2.38. The summed E-state index contributed by atoms with van der Waals surface area (Å²) < 4.78 is 1.63. The molecule has 5 heteroatoms. The Bertz CT molecular complexity index is 696. The Morgan fingerprint density at radius 2 is 2.14 bits per heavy atom. The van der Waals surface area contributed by atoms with Crippen molar-refractivity contribution in [2.45, 2.75) is 38.2 Å². The van der Waals surface area contributed by atoms with Crippen LogP contribution < -0.4 is 0 Å². The molecule has 4 nitrogen and oxygen atoms in total. The van der Waals surface area contributed by atoms with Crippen molar-refractivity contribution in [3.63, 3.8) is 0 Å². The lowest BCUT2D eigenvalue weighted by atomic mass is 10.0. The summed E-state index contributed by atoms with van der Waals surface area (Å²) in [6.07, 6.45) is 4.59. The fraction of sp³-hybridized carbons (Fsp3) is 0.375. The second-order valence-corrected chi connectivity index (χ2v) is 5.73. The van der Waals surface area contributed by atoms with Crippen molar-refractivity contribution in [3.8, 4) is 11.8 Å². The Balaban J connectivity index is 2.08. The first-order valence-electron chi connectivity index (χ1n) is 7.13. The number of hydrogen-bond donors (Lipinski definition) is 1. The Kier molecular flexibility index (Phi) is 3.96. The molecular weight excluding hydrogens is 286 g/mol. The third-order valence-electron chi connectivity index (χ3n) is 4.07. The van der Waals surface area contributed by atoms with Gasteiger partial charge in [0.2, 0.25) is 0 Å². The van der Waals surface area contributed by atoms with E-state index in [4.69, 9.17) is 16.9 Å². The SMILES string of the molecule is N#Cc1cccc(-n2nc(C3CCCC3)c(CO)c2Cl)c1. The Labute approximate surface area is 128 Å². The number of nitriles is 1. The smallest absolute Gasteiger partial charge is 0.138 e. The lowest BCUT2D eigenvalue weighted by Crippen LogP contribution is -2.00. The van der Waals surface area contributed by atoms with Gasteiger partial charge in [0.1, 0.15) is 5.15 Å². The van der Waals surface area contributed by atoms with Crippen molar-refractivity contribution in [1.29, 1.82) is 5.26 Å². The molecule has 0 amide bonds. The standard InChI is InChI=1S/C16H16ClN3O/c17-16-14(10-21)15(12-5-1-2-6-12)19-20(16)13-7-3-4-11(8-13)9-18/h3-4,7-8,12,21H,1-2,5-6,10H2. The molecule has 0 saturated heterocycles. The van der Waals surface area contributed by atoms with Gasteiger partial charge >= 0.3 is 0 Å². The van der Waals surface area contributed by atoms with Gasteiger partial charge in [0.15, 0.2) is 0 Å². The predicted octanol–water partition coefficient (Wildman–Crippen LogP) is 3.55. The number of aliphatic hydroxyl groups is 1. The van der Waals surface area contributed by atoms with Gasteiger partial charge in [-0.1, -0.05) is 30.5 Å². The van der Waals surface area contributed by atoms with Gasteiger partial charge in [-0.05, 0) is 31.0 Å². The van der Waals surface area contributed by atoms with Crippen molar-refractivity contribution in [2.75, 3.05) is 0 Å². The maximum Gasteiger partial charge on any atom is 0.138 e. The van der Waals surface area contributed by atoms with Crippen LogP contribution in [0.2, 0.25) is 5.15 Å². The average molecular weight is 302 g/mol. The van der Waals surface area contributed by atoms with Crippen LogP contribution in [-0.2, 0) is 6.61 Å². The highest BCUT2D eigenvalue weighted by atomic mass is 35.5. The first-order chi connectivity index (χ1) is 10.2. The van der Waals surface area contributed by atoms with Crippen LogP contribution in [0.25, 0.3) is 5.69 Å². The monoisotopic (exact) mass is 301 g/mol. The molecule has 0 bridgehead atoms. The minimum atomic E-state index is -0.109. The van der Waals surface area contributed by atoms with Crippen molar-refractivity contribution >= 4 is 11.6 Å². The number of aromatic nitrogens is 2. The van der Waals surface area contributed by atoms with Crippen LogP contribution in [-0.4, -0.2) is 14.9 Å². The maximum atomic E-state index is 9.63. The van der Waals surface area contributed by atoms with E-state index in [1.54, 1.807) is 22.9 Å². The zero-order chi connectivity index (χ0) is 14.8. The molecule has 0 unspecified atom stereocenters. The van der Waals surface area contributed by atoms with E-state index in [9.17, 15) is 5.11 Å². The van der Waals surface area contributed by atoms with E-state index in [1.807, 2.05) is 6.07 Å². The highest BCUT2D eigenvalue weighted by Gasteiger charge is 2.26. The molecule has 1 saturated carbocycles. The fourth-order valence-electron chi connectivity index (χ4n) is 3.00. The van der Waals surface area contributed by atoms with Crippen molar-refractivity contribution in [2.24, 2.45) is 0 Å². The number of hydrogen-bond acceptors (Lipinski definition) is 3. The van der Waals surface area contributed by atoms with Gasteiger partial charge in [0.25, 0.3) is 0 Å². The van der Waals surface area contributed by atoms with E-state index in [1.165, 1.54) is 12.8 Å². The number of rotatable bonds is 3. The van der Waals surface area contributed by atoms with Gasteiger partial charge in [-0.3, -0.25) is 0 Å². The summed E-state index contributed by atoms with van der Waals surface area (Å²) in [4.78, 5) is 0. The van der Waals surface area contributed by atoms with Crippen LogP contribution >= 0.6 is 11.6 Å². The quantitative estimate of drug-likeness (QED) is 0.943. The number of benzene rings is 1. The first-order valence-corrected chi connectivity index (χ1v) is 7.51. The largest absolute Gasteiger partial charge is 0.391 e. The summed E-state index contributed by atoms with van der Waals surface area (Å²) in [6.45, 7) is -0.109. The maximum absolute atomic E-state index is 9.63. The molecule has 0 atom stereocenters. The van der Waals surface area contributed by atoms with Crippen molar-refractivity contribution in [3.05, 3.63) is 46.2 Å². The molecule has 1 N–H and O–H groups in total. The number of halogens is 1. The van der Waals surface area contributed by atoms with Crippen LogP contribution in [0, 0.1) is 11.3 Å². The topological polar surface area (TPSA) is 61.8 Å². The van der Waals surface area contributed by atoms with Gasteiger partial charge in [-0.2, -0.15) is 10.4 Å². The second kappa shape index (κ2) is 5.88. The summed E-state index contributed by atoms with van der Waals surface area (Å²) in [5.74, 6) is 0.380. The molecule has 1 heterocycles. The van der Waals surface area contributed by atoms with Gasteiger partial charge in [-0.25, -0.2) is 4.68 Å². The molecule has 1 aromatic heterocycles. The van der Waals surface area contributed by atoms with E-state index in [2.05, 4.69) is 11.2 Å². The molecule has 1 fully saturated rings. The van der Waals surface area contributed by atoms with Crippen LogP contribution in [0.15, 0.2) is 24.3 Å². The lowest BCUT2D eigenvalue weighted by Gasteiger charge is -2.06. The average Bonchev–Trinajstić information content (AvgIpc) is 3.14. The Morgan fingerprint density at radius 3 is 2.81 bits per heavy atom. The summed E-state index contributed by atoms with van der Waals surface area (Å²) in [5.41, 5.74) is 2.93. The number of aliphatic hydroxyl groups excluding tert-OH is 1. The molecule has 2 aromatic rings. The van der Waals surface area contributed by atoms with E-state index in [0.29, 0.717) is 22.2 Å². The molecule has 1 aliphatic carbocycles. The summed E-state index contributed by atoms with van der Waals surface area (Å²) in [5, 5.41) is 23.7. The predicted molar refractivity (Wildman–Crippen MR) is 80.4 cm³/mol. The van der Waals surface area contributed by atoms with Crippen LogP contribution in [0.4, 0.5) is 0 Å². The Hall–Kier alpha value is -1.83. The van der Waals surface area contributed by atoms with E-state index < -0.39 is 0 Å². The third-order valence-corrected chi connectivity index (χ3v) is 4.46. The first kappa shape index (κ1) is 14.1. The van der Waals surface area contributed by atoms with Gasteiger partial charge in [-0.15, -0.1) is 0 Å². The molecule has 1 aliphatic rings. The highest BCUT2D eigenvalue weighted by molar-refractivity contribution is 6.30. The summed E-state index contributed by atoms with van der Waals surface area (Å²) in [6, 6.07) is 9.27. The summed E-state index contributed by atoms with van der Waals surface area (Å²) >= 11 is 6.40. The molecule has 3 rings (SSSR count). The molecule has 21 heavy (non-hydrogen) atoms. The zero-order valence-corrected chi connectivity index (χ0v) is 12.3. The lowest BCUT2D eigenvalue weighted by molar-refractivity contribution is 0.280. The van der Waals surface area contributed by atoms with E-state index in [0.717, 1.165) is 24.2 Å². The number of nitrogens with zero attached hydrogens (tertiary/aromatic N) is 3. The minimum Gasteiger partial charge on any atom is -0.391 e. The molecule has 1 aromatic carbocycles. The molecule has 0 radical (unpaired) electrons. The summed E-state index contributed by atoms with van der Waals surface area (Å²) in [7, 11) is 0. The van der Waals surface area contributed by atoms with Crippen LogP contribution in [0.3, 0.4) is 0 Å². The van der Waals surface area contributed by atoms with Gasteiger partial charge in [0.05, 0.1) is 29.6 Å². The minimum absolute atomic E-state index is 0.109. The van der Waals surface area contributed by atoms with Crippen molar-refractivity contribution in [1.82, 2.24) is 9.78 Å². The Morgan fingerprint density at radius 1 is 1.38 bits per heavy atom. The normalized spacial score (nSPS) is 15.3. The van der Waals surface area contributed by atoms with Crippen molar-refractivity contribution < 1.29 is 5.11 Å².